The summed E-state index contributed by atoms with van der Waals surface area (Å²) in [6, 6.07) is 0.289. The molecule has 0 unspecified atom stereocenters. The molecule has 0 aliphatic carbocycles. The van der Waals surface area contributed by atoms with Gasteiger partial charge in [-0.25, -0.2) is 12.7 Å². The molecule has 2 rings (SSSR count). The molecular formula is C15H28N4O2S. The second-order valence-electron chi connectivity index (χ2n) is 6.68. The van der Waals surface area contributed by atoms with Crippen molar-refractivity contribution in [2.24, 2.45) is 5.92 Å². The van der Waals surface area contributed by atoms with Gasteiger partial charge in [0.2, 0.25) is 10.0 Å². The van der Waals surface area contributed by atoms with Gasteiger partial charge >= 0.3 is 0 Å². The van der Waals surface area contributed by atoms with Crippen LogP contribution in [0.5, 0.6) is 0 Å². The molecular weight excluding hydrogens is 300 g/mol. The van der Waals surface area contributed by atoms with Crippen molar-refractivity contribution in [1.82, 2.24) is 19.1 Å². The van der Waals surface area contributed by atoms with E-state index in [0.29, 0.717) is 13.1 Å². The Morgan fingerprint density at radius 2 is 2.09 bits per heavy atom. The van der Waals surface area contributed by atoms with E-state index in [1.807, 2.05) is 13.8 Å². The van der Waals surface area contributed by atoms with Crippen LogP contribution in [0.3, 0.4) is 0 Å². The quantitative estimate of drug-likeness (QED) is 0.804. The Morgan fingerprint density at radius 3 is 2.73 bits per heavy atom. The molecule has 1 aromatic rings. The Bertz CT molecular complexity index is 582. The number of aromatic nitrogens is 3. The molecule has 0 bridgehead atoms. The van der Waals surface area contributed by atoms with Gasteiger partial charge in [-0.05, 0) is 32.6 Å². The second-order valence-corrected chi connectivity index (χ2v) is 8.69. The van der Waals surface area contributed by atoms with E-state index in [1.165, 1.54) is 0 Å². The minimum absolute atomic E-state index is 0.144. The zero-order valence-electron chi connectivity index (χ0n) is 14.1. The minimum Gasteiger partial charge on any atom is -0.315 e. The van der Waals surface area contributed by atoms with Gasteiger partial charge < -0.3 is 4.57 Å². The largest absolute Gasteiger partial charge is 0.315 e. The maximum atomic E-state index is 12.6. The highest BCUT2D eigenvalue weighted by Crippen LogP contribution is 2.29. The van der Waals surface area contributed by atoms with E-state index in [4.69, 9.17) is 0 Å². The van der Waals surface area contributed by atoms with E-state index in [-0.39, 0.29) is 23.6 Å². The van der Waals surface area contributed by atoms with Gasteiger partial charge in [0.25, 0.3) is 0 Å². The summed E-state index contributed by atoms with van der Waals surface area (Å²) in [7, 11) is -3.18. The second kappa shape index (κ2) is 7.08. The Kier molecular flexibility index (Phi) is 5.60. The molecule has 0 amide bonds. The van der Waals surface area contributed by atoms with Crippen molar-refractivity contribution >= 4 is 10.0 Å². The van der Waals surface area contributed by atoms with Crippen LogP contribution in [-0.2, 0) is 10.0 Å². The number of hydrogen-bond acceptors (Lipinski definition) is 4. The SMILES string of the molecule is CC[C@H](C)CS(=O)(=O)N1CCC[C@@H](c2nncn2C(C)C)C1. The monoisotopic (exact) mass is 328 g/mol. The third-order valence-corrected chi connectivity index (χ3v) is 6.60. The third kappa shape index (κ3) is 3.87. The minimum atomic E-state index is -3.18. The average Bonchev–Trinajstić information content (AvgIpc) is 2.96. The van der Waals surface area contributed by atoms with Gasteiger partial charge in [-0.2, -0.15) is 0 Å². The van der Waals surface area contributed by atoms with Crippen LogP contribution in [0.1, 0.15) is 64.7 Å². The van der Waals surface area contributed by atoms with E-state index in [0.717, 1.165) is 25.1 Å². The number of nitrogens with zero attached hydrogens (tertiary/aromatic N) is 4. The first-order valence-electron chi connectivity index (χ1n) is 8.22. The Labute approximate surface area is 134 Å². The molecule has 1 aliphatic heterocycles. The highest BCUT2D eigenvalue weighted by atomic mass is 32.2. The fourth-order valence-corrected chi connectivity index (χ4v) is 4.91. The molecule has 6 nitrogen and oxygen atoms in total. The lowest BCUT2D eigenvalue weighted by molar-refractivity contribution is 0.300. The molecule has 1 fully saturated rings. The van der Waals surface area contributed by atoms with Crippen LogP contribution in [0.2, 0.25) is 0 Å². The number of rotatable bonds is 6. The van der Waals surface area contributed by atoms with Crippen molar-refractivity contribution in [2.75, 3.05) is 18.8 Å². The first kappa shape index (κ1) is 17.4. The summed E-state index contributed by atoms with van der Waals surface area (Å²) >= 11 is 0. The molecule has 126 valence electrons. The summed E-state index contributed by atoms with van der Waals surface area (Å²) in [5.41, 5.74) is 0. The maximum Gasteiger partial charge on any atom is 0.214 e. The lowest BCUT2D eigenvalue weighted by Gasteiger charge is -2.32. The Morgan fingerprint density at radius 1 is 1.36 bits per heavy atom. The topological polar surface area (TPSA) is 68.1 Å². The highest BCUT2D eigenvalue weighted by molar-refractivity contribution is 7.89. The molecule has 2 atom stereocenters. The predicted octanol–water partition coefficient (Wildman–Crippen LogP) is 2.41. The molecule has 1 aliphatic rings. The van der Waals surface area contributed by atoms with Gasteiger partial charge in [0, 0.05) is 25.0 Å². The molecule has 1 aromatic heterocycles. The van der Waals surface area contributed by atoms with Gasteiger partial charge in [-0.3, -0.25) is 0 Å². The fraction of sp³-hybridized carbons (Fsp3) is 0.867. The van der Waals surface area contributed by atoms with Crippen molar-refractivity contribution in [3.05, 3.63) is 12.2 Å². The Hall–Kier alpha value is -0.950. The smallest absolute Gasteiger partial charge is 0.214 e. The first-order chi connectivity index (χ1) is 10.3. The van der Waals surface area contributed by atoms with Crippen molar-refractivity contribution in [2.45, 2.75) is 58.9 Å². The van der Waals surface area contributed by atoms with E-state index in [9.17, 15) is 8.42 Å². The van der Waals surface area contributed by atoms with Crippen molar-refractivity contribution in [3.63, 3.8) is 0 Å². The number of piperidine rings is 1. The van der Waals surface area contributed by atoms with E-state index in [1.54, 1.807) is 10.6 Å². The standard InChI is InChI=1S/C15H28N4O2S/c1-5-13(4)10-22(20,21)18-8-6-7-14(9-18)15-17-16-11-19(15)12(2)3/h11-14H,5-10H2,1-4H3/t13-,14+/m0/s1. The summed E-state index contributed by atoms with van der Waals surface area (Å²) in [5, 5.41) is 8.26. The summed E-state index contributed by atoms with van der Waals surface area (Å²) < 4.78 is 28.9. The van der Waals surface area contributed by atoms with Gasteiger partial charge in [0.1, 0.15) is 12.2 Å². The van der Waals surface area contributed by atoms with Crippen LogP contribution in [0, 0.1) is 5.92 Å². The molecule has 22 heavy (non-hydrogen) atoms. The van der Waals surface area contributed by atoms with E-state index >= 15 is 0 Å². The zero-order valence-corrected chi connectivity index (χ0v) is 14.9. The van der Waals surface area contributed by atoms with Gasteiger partial charge in [-0.15, -0.1) is 10.2 Å². The summed E-state index contributed by atoms with van der Waals surface area (Å²) in [6.07, 6.45) is 4.49. The Balaban J connectivity index is 2.13. The van der Waals surface area contributed by atoms with Crippen molar-refractivity contribution in [3.8, 4) is 0 Å². The van der Waals surface area contributed by atoms with E-state index in [2.05, 4.69) is 28.6 Å². The number of hydrogen-bond donors (Lipinski definition) is 0. The maximum absolute atomic E-state index is 12.6. The van der Waals surface area contributed by atoms with Crippen LogP contribution >= 0.6 is 0 Å². The van der Waals surface area contributed by atoms with Crippen LogP contribution in [-0.4, -0.2) is 46.3 Å². The summed E-state index contributed by atoms with van der Waals surface area (Å²) in [4.78, 5) is 0. The van der Waals surface area contributed by atoms with Crippen LogP contribution < -0.4 is 0 Å². The molecule has 0 saturated carbocycles. The molecule has 0 spiro atoms. The lowest BCUT2D eigenvalue weighted by atomic mass is 9.98. The summed E-state index contributed by atoms with van der Waals surface area (Å²) in [6.45, 7) is 9.37. The molecule has 7 heteroatoms. The van der Waals surface area contributed by atoms with Crippen molar-refractivity contribution in [1.29, 1.82) is 0 Å². The normalized spacial score (nSPS) is 22.1. The third-order valence-electron chi connectivity index (χ3n) is 4.49. The molecule has 1 saturated heterocycles. The first-order valence-corrected chi connectivity index (χ1v) is 9.83. The van der Waals surface area contributed by atoms with Gasteiger partial charge in [0.15, 0.2) is 0 Å². The van der Waals surface area contributed by atoms with Crippen molar-refractivity contribution < 1.29 is 8.42 Å². The zero-order chi connectivity index (χ0) is 16.3. The van der Waals surface area contributed by atoms with Crippen LogP contribution in [0.15, 0.2) is 6.33 Å². The molecule has 2 heterocycles. The average molecular weight is 328 g/mol. The number of sulfonamides is 1. The summed E-state index contributed by atoms with van der Waals surface area (Å²) in [5.74, 6) is 1.50. The van der Waals surface area contributed by atoms with Crippen LogP contribution in [0.4, 0.5) is 0 Å². The highest BCUT2D eigenvalue weighted by Gasteiger charge is 2.32. The van der Waals surface area contributed by atoms with E-state index < -0.39 is 10.0 Å². The molecule has 0 N–H and O–H groups in total. The predicted molar refractivity (Wildman–Crippen MR) is 87.2 cm³/mol. The molecule has 0 aromatic carbocycles. The lowest BCUT2D eigenvalue weighted by Crippen LogP contribution is -2.41. The van der Waals surface area contributed by atoms with Gasteiger partial charge in [0.05, 0.1) is 5.75 Å². The van der Waals surface area contributed by atoms with Gasteiger partial charge in [-0.1, -0.05) is 20.3 Å². The fourth-order valence-electron chi connectivity index (χ4n) is 2.93. The molecule has 0 radical (unpaired) electrons. The van der Waals surface area contributed by atoms with Crippen LogP contribution in [0.25, 0.3) is 0 Å².